The highest BCUT2D eigenvalue weighted by atomic mass is 16.5. The summed E-state index contributed by atoms with van der Waals surface area (Å²) >= 11 is 0. The van der Waals surface area contributed by atoms with Gasteiger partial charge in [-0.05, 0) is 30.7 Å². The molecule has 2 aromatic rings. The van der Waals surface area contributed by atoms with Crippen LogP contribution in [-0.2, 0) is 4.74 Å². The Bertz CT molecular complexity index is 617. The Morgan fingerprint density at radius 3 is 2.72 bits per heavy atom. The number of hydrogen-bond acceptors (Lipinski definition) is 1. The molecule has 0 amide bonds. The van der Waals surface area contributed by atoms with Crippen molar-refractivity contribution < 1.29 is 4.74 Å². The van der Waals surface area contributed by atoms with Gasteiger partial charge < -0.3 is 9.30 Å². The molecule has 0 saturated carbocycles. The number of fused-ring (bicyclic) bond motifs is 1. The second kappa shape index (κ2) is 5.41. The van der Waals surface area contributed by atoms with Crippen molar-refractivity contribution in [2.24, 2.45) is 0 Å². The van der Waals surface area contributed by atoms with Gasteiger partial charge in [0.05, 0.1) is 18.9 Å². The zero-order valence-corrected chi connectivity index (χ0v) is 10.8. The molecular weight excluding hydrogens is 222 g/mol. The van der Waals surface area contributed by atoms with Crippen LogP contribution in [0.15, 0.2) is 49.3 Å². The monoisotopic (exact) mass is 239 g/mol. The van der Waals surface area contributed by atoms with Gasteiger partial charge in [0.1, 0.15) is 0 Å². The summed E-state index contributed by atoms with van der Waals surface area (Å²) in [7, 11) is 1.64. The minimum atomic E-state index is 1.15. The highest BCUT2D eigenvalue weighted by molar-refractivity contribution is 5.89. The van der Waals surface area contributed by atoms with Gasteiger partial charge in [-0.1, -0.05) is 30.9 Å². The largest absolute Gasteiger partial charge is 0.504 e. The lowest BCUT2D eigenvalue weighted by Crippen LogP contribution is -1.88. The predicted molar refractivity (Wildman–Crippen MR) is 78.2 cm³/mol. The molecular formula is C16H17NO. The van der Waals surface area contributed by atoms with Crippen LogP contribution in [0.5, 0.6) is 0 Å². The van der Waals surface area contributed by atoms with Crippen LogP contribution in [-0.4, -0.2) is 11.7 Å². The molecule has 18 heavy (non-hydrogen) atoms. The van der Waals surface area contributed by atoms with Gasteiger partial charge in [0.25, 0.3) is 0 Å². The molecule has 0 aliphatic rings. The third kappa shape index (κ3) is 2.09. The molecule has 0 spiro atoms. The minimum Gasteiger partial charge on any atom is -0.504 e. The quantitative estimate of drug-likeness (QED) is 0.575. The van der Waals surface area contributed by atoms with E-state index in [1.165, 1.54) is 16.5 Å². The fraction of sp³-hybridized carbons (Fsp3) is 0.125. The smallest absolute Gasteiger partial charge is 0.0824 e. The van der Waals surface area contributed by atoms with E-state index in [-0.39, 0.29) is 0 Å². The van der Waals surface area contributed by atoms with E-state index < -0.39 is 0 Å². The van der Waals surface area contributed by atoms with Crippen molar-refractivity contribution in [1.29, 1.82) is 0 Å². The second-order valence-corrected chi connectivity index (χ2v) is 4.00. The maximum absolute atomic E-state index is 4.87. The SMILES string of the molecule is C=Cn1c(/C=C\C=C\OC)c(C)c2ccccc21. The van der Waals surface area contributed by atoms with Crippen LogP contribution < -0.4 is 0 Å². The number of benzene rings is 1. The Morgan fingerprint density at radius 1 is 1.22 bits per heavy atom. The standard InChI is InChI=1S/C16H17NO/c1-4-17-15(10-7-8-12-18-3)13(2)14-9-5-6-11-16(14)17/h4-12H,1H2,2-3H3/b10-7-,12-8+. The fourth-order valence-corrected chi connectivity index (χ4v) is 2.12. The highest BCUT2D eigenvalue weighted by Gasteiger charge is 2.08. The molecule has 0 radical (unpaired) electrons. The summed E-state index contributed by atoms with van der Waals surface area (Å²) in [6.07, 6.45) is 9.38. The summed E-state index contributed by atoms with van der Waals surface area (Å²) < 4.78 is 6.97. The Hall–Kier alpha value is -2.22. The molecule has 0 bridgehead atoms. The average molecular weight is 239 g/mol. The van der Waals surface area contributed by atoms with Crippen LogP contribution in [0.2, 0.25) is 0 Å². The van der Waals surface area contributed by atoms with Crippen LogP contribution >= 0.6 is 0 Å². The van der Waals surface area contributed by atoms with Gasteiger partial charge in [0.15, 0.2) is 0 Å². The number of ether oxygens (including phenoxy) is 1. The van der Waals surface area contributed by atoms with Gasteiger partial charge in [-0.25, -0.2) is 0 Å². The van der Waals surface area contributed by atoms with Gasteiger partial charge in [-0.2, -0.15) is 0 Å². The molecule has 1 aromatic heterocycles. The average Bonchev–Trinajstić information content (AvgIpc) is 2.68. The highest BCUT2D eigenvalue weighted by Crippen LogP contribution is 2.26. The Kier molecular flexibility index (Phi) is 3.68. The molecule has 0 aliphatic heterocycles. The molecule has 2 rings (SSSR count). The number of hydrogen-bond donors (Lipinski definition) is 0. The van der Waals surface area contributed by atoms with Crippen LogP contribution in [0.4, 0.5) is 0 Å². The lowest BCUT2D eigenvalue weighted by Gasteiger charge is -2.00. The van der Waals surface area contributed by atoms with E-state index >= 15 is 0 Å². The van der Waals surface area contributed by atoms with Crippen molar-refractivity contribution in [3.63, 3.8) is 0 Å². The molecule has 1 aromatic carbocycles. The summed E-state index contributed by atoms with van der Waals surface area (Å²) in [6, 6.07) is 8.33. The number of aryl methyl sites for hydroxylation is 1. The number of nitrogens with zero attached hydrogens (tertiary/aromatic N) is 1. The molecule has 0 fully saturated rings. The summed E-state index contributed by atoms with van der Waals surface area (Å²) in [5.74, 6) is 0. The van der Waals surface area contributed by atoms with Gasteiger partial charge >= 0.3 is 0 Å². The van der Waals surface area contributed by atoms with Crippen LogP contribution in [0.1, 0.15) is 11.3 Å². The Balaban J connectivity index is 2.55. The molecule has 0 N–H and O–H groups in total. The summed E-state index contributed by atoms with van der Waals surface area (Å²) in [6.45, 7) is 6.01. The summed E-state index contributed by atoms with van der Waals surface area (Å²) in [5.41, 5.74) is 3.58. The number of methoxy groups -OCH3 is 1. The summed E-state index contributed by atoms with van der Waals surface area (Å²) in [4.78, 5) is 0. The molecule has 0 saturated heterocycles. The fourth-order valence-electron chi connectivity index (χ4n) is 2.12. The topological polar surface area (TPSA) is 14.2 Å². The number of aromatic nitrogens is 1. The number of allylic oxidation sites excluding steroid dienone is 2. The lowest BCUT2D eigenvalue weighted by molar-refractivity contribution is 0.338. The van der Waals surface area contributed by atoms with Gasteiger partial charge in [-0.15, -0.1) is 0 Å². The maximum Gasteiger partial charge on any atom is 0.0824 e. The minimum absolute atomic E-state index is 1.15. The predicted octanol–water partition coefficient (Wildman–Crippen LogP) is 4.22. The molecule has 0 aliphatic carbocycles. The van der Waals surface area contributed by atoms with Crippen LogP contribution in [0.25, 0.3) is 23.2 Å². The molecule has 92 valence electrons. The third-order valence-corrected chi connectivity index (χ3v) is 2.97. The van der Waals surface area contributed by atoms with Crippen LogP contribution in [0, 0.1) is 6.92 Å². The molecule has 2 nitrogen and oxygen atoms in total. The van der Waals surface area contributed by atoms with Gasteiger partial charge in [-0.3, -0.25) is 0 Å². The van der Waals surface area contributed by atoms with E-state index in [0.29, 0.717) is 0 Å². The first-order chi connectivity index (χ1) is 8.79. The van der Waals surface area contributed by atoms with E-state index in [4.69, 9.17) is 4.74 Å². The van der Waals surface area contributed by atoms with Crippen molar-refractivity contribution in [3.05, 3.63) is 60.5 Å². The third-order valence-electron chi connectivity index (χ3n) is 2.97. The van der Waals surface area contributed by atoms with Crippen molar-refractivity contribution in [3.8, 4) is 0 Å². The molecule has 0 atom stereocenters. The van der Waals surface area contributed by atoms with Gasteiger partial charge in [0, 0.05) is 17.3 Å². The Morgan fingerprint density at radius 2 is 2.00 bits per heavy atom. The van der Waals surface area contributed by atoms with E-state index in [1.807, 2.05) is 24.4 Å². The second-order valence-electron chi connectivity index (χ2n) is 4.00. The summed E-state index contributed by atoms with van der Waals surface area (Å²) in [5, 5.41) is 1.26. The first kappa shape index (κ1) is 12.2. The normalized spacial score (nSPS) is 11.7. The van der Waals surface area contributed by atoms with Crippen molar-refractivity contribution in [1.82, 2.24) is 4.57 Å². The molecule has 0 unspecified atom stereocenters. The Labute approximate surface area is 107 Å². The van der Waals surface area contributed by atoms with Crippen LogP contribution in [0.3, 0.4) is 0 Å². The molecule has 2 heteroatoms. The number of para-hydroxylation sites is 1. The first-order valence-electron chi connectivity index (χ1n) is 5.87. The van der Waals surface area contributed by atoms with E-state index in [0.717, 1.165) is 5.69 Å². The van der Waals surface area contributed by atoms with Crippen molar-refractivity contribution in [2.75, 3.05) is 7.11 Å². The number of rotatable bonds is 4. The molecule has 1 heterocycles. The maximum atomic E-state index is 4.87. The van der Waals surface area contributed by atoms with Gasteiger partial charge in [0.2, 0.25) is 0 Å². The lowest BCUT2D eigenvalue weighted by atomic mass is 10.1. The van der Waals surface area contributed by atoms with E-state index in [2.05, 4.69) is 42.3 Å². The zero-order valence-electron chi connectivity index (χ0n) is 10.8. The zero-order chi connectivity index (χ0) is 13.0. The van der Waals surface area contributed by atoms with E-state index in [9.17, 15) is 0 Å². The van der Waals surface area contributed by atoms with E-state index in [1.54, 1.807) is 13.4 Å². The van der Waals surface area contributed by atoms with Crippen molar-refractivity contribution in [2.45, 2.75) is 6.92 Å². The van der Waals surface area contributed by atoms with Crippen molar-refractivity contribution >= 4 is 23.2 Å². The first-order valence-corrected chi connectivity index (χ1v) is 5.87.